The van der Waals surface area contributed by atoms with Crippen molar-refractivity contribution in [1.29, 1.82) is 0 Å². The molecule has 7 heteroatoms. The third kappa shape index (κ3) is 3.99. The van der Waals surface area contributed by atoms with E-state index in [1.165, 1.54) is 24.1 Å². The Balaban J connectivity index is 1.77. The lowest BCUT2D eigenvalue weighted by molar-refractivity contribution is -0.118. The van der Waals surface area contributed by atoms with Gasteiger partial charge in [-0.1, -0.05) is 30.3 Å². The lowest BCUT2D eigenvalue weighted by Crippen LogP contribution is -2.39. The first kappa shape index (κ1) is 19.0. The largest absolute Gasteiger partial charge is 0.314 e. The summed E-state index contributed by atoms with van der Waals surface area (Å²) in [5.74, 6) is -0.901. The average Bonchev–Trinajstić information content (AvgIpc) is 2.67. The number of benzene rings is 3. The van der Waals surface area contributed by atoms with Crippen molar-refractivity contribution in [2.45, 2.75) is 4.90 Å². The minimum absolute atomic E-state index is 0.0624. The van der Waals surface area contributed by atoms with E-state index in [4.69, 9.17) is 0 Å². The smallest absolute Gasteiger partial charge is 0.243 e. The number of amides is 1. The second-order valence-electron chi connectivity index (χ2n) is 6.20. The summed E-state index contributed by atoms with van der Waals surface area (Å²) < 4.78 is 39.1. The highest BCUT2D eigenvalue weighted by atomic mass is 32.2. The maximum Gasteiger partial charge on any atom is 0.243 e. The van der Waals surface area contributed by atoms with Crippen molar-refractivity contribution >= 4 is 32.4 Å². The first-order valence-corrected chi connectivity index (χ1v) is 9.70. The van der Waals surface area contributed by atoms with Gasteiger partial charge in [-0.3, -0.25) is 4.79 Å². The van der Waals surface area contributed by atoms with Crippen LogP contribution >= 0.6 is 0 Å². The van der Waals surface area contributed by atoms with E-state index in [-0.39, 0.29) is 17.3 Å². The molecule has 27 heavy (non-hydrogen) atoms. The third-order valence-electron chi connectivity index (χ3n) is 4.37. The van der Waals surface area contributed by atoms with Gasteiger partial charge >= 0.3 is 0 Å². The molecule has 0 spiro atoms. The molecule has 0 saturated heterocycles. The van der Waals surface area contributed by atoms with Crippen LogP contribution in [0.5, 0.6) is 0 Å². The zero-order valence-corrected chi connectivity index (χ0v) is 15.8. The summed E-state index contributed by atoms with van der Waals surface area (Å²) in [4.78, 5) is 13.9. The number of fused-ring (bicyclic) bond motifs is 1. The van der Waals surface area contributed by atoms with Gasteiger partial charge in [0.1, 0.15) is 5.82 Å². The van der Waals surface area contributed by atoms with Crippen LogP contribution in [0, 0.1) is 5.82 Å². The van der Waals surface area contributed by atoms with Crippen molar-refractivity contribution in [2.24, 2.45) is 0 Å². The Morgan fingerprint density at radius 2 is 1.56 bits per heavy atom. The number of hydrogen-bond donors (Lipinski definition) is 0. The number of halogens is 1. The van der Waals surface area contributed by atoms with E-state index >= 15 is 0 Å². The van der Waals surface area contributed by atoms with Crippen molar-refractivity contribution in [1.82, 2.24) is 4.31 Å². The van der Waals surface area contributed by atoms with Gasteiger partial charge in [0.25, 0.3) is 0 Å². The minimum atomic E-state index is -3.88. The number of rotatable bonds is 5. The Bertz CT molecular complexity index is 1080. The molecule has 0 radical (unpaired) electrons. The van der Waals surface area contributed by atoms with Gasteiger partial charge in [0.2, 0.25) is 15.9 Å². The summed E-state index contributed by atoms with van der Waals surface area (Å²) in [6.07, 6.45) is 0. The van der Waals surface area contributed by atoms with E-state index in [1.54, 1.807) is 7.05 Å². The summed E-state index contributed by atoms with van der Waals surface area (Å²) >= 11 is 0. The molecule has 0 aliphatic carbocycles. The first-order chi connectivity index (χ1) is 12.8. The zero-order chi connectivity index (χ0) is 19.6. The number of nitrogens with zero attached hydrogens (tertiary/aromatic N) is 2. The minimum Gasteiger partial charge on any atom is -0.314 e. The highest BCUT2D eigenvalue weighted by Gasteiger charge is 2.24. The topological polar surface area (TPSA) is 57.7 Å². The van der Waals surface area contributed by atoms with Gasteiger partial charge in [0.05, 0.1) is 11.4 Å². The van der Waals surface area contributed by atoms with Crippen molar-refractivity contribution < 1.29 is 17.6 Å². The Morgan fingerprint density at radius 1 is 0.926 bits per heavy atom. The van der Waals surface area contributed by atoms with Crippen LogP contribution in [0.1, 0.15) is 0 Å². The SMILES string of the molecule is CN(C(=O)CN(C)S(=O)(=O)c1ccc(F)cc1)c1ccc2ccccc2c1. The van der Waals surface area contributed by atoms with Crippen LogP contribution in [-0.2, 0) is 14.8 Å². The first-order valence-electron chi connectivity index (χ1n) is 8.26. The van der Waals surface area contributed by atoms with Crippen LogP contribution in [0.25, 0.3) is 10.8 Å². The van der Waals surface area contributed by atoms with Crippen molar-refractivity contribution in [3.8, 4) is 0 Å². The molecule has 0 atom stereocenters. The Morgan fingerprint density at radius 3 is 2.22 bits per heavy atom. The molecular formula is C20H19FN2O3S. The Labute approximate surface area is 157 Å². The zero-order valence-electron chi connectivity index (χ0n) is 15.0. The molecule has 3 aromatic carbocycles. The van der Waals surface area contributed by atoms with Gasteiger partial charge in [-0.2, -0.15) is 4.31 Å². The summed E-state index contributed by atoms with van der Waals surface area (Å²) in [5, 5.41) is 2.04. The molecule has 0 aliphatic rings. The summed E-state index contributed by atoms with van der Waals surface area (Å²) in [5.41, 5.74) is 0.672. The highest BCUT2D eigenvalue weighted by molar-refractivity contribution is 7.89. The Hall–Kier alpha value is -2.77. The van der Waals surface area contributed by atoms with Gasteiger partial charge in [-0.15, -0.1) is 0 Å². The normalized spacial score (nSPS) is 11.7. The number of anilines is 1. The molecule has 5 nitrogen and oxygen atoms in total. The fraction of sp³-hybridized carbons (Fsp3) is 0.150. The molecule has 0 unspecified atom stereocenters. The quantitative estimate of drug-likeness (QED) is 0.676. The summed E-state index contributed by atoms with van der Waals surface area (Å²) in [7, 11) is -0.956. The molecule has 3 rings (SSSR count). The fourth-order valence-electron chi connectivity index (χ4n) is 2.70. The third-order valence-corrected chi connectivity index (χ3v) is 6.19. The maximum absolute atomic E-state index is 13.0. The molecule has 0 saturated carbocycles. The molecule has 140 valence electrons. The van der Waals surface area contributed by atoms with E-state index in [9.17, 15) is 17.6 Å². The molecule has 0 bridgehead atoms. The molecule has 0 aromatic heterocycles. The average molecular weight is 386 g/mol. The van der Waals surface area contributed by atoms with E-state index in [2.05, 4.69) is 0 Å². The lowest BCUT2D eigenvalue weighted by atomic mass is 10.1. The van der Waals surface area contributed by atoms with Crippen LogP contribution < -0.4 is 4.90 Å². The van der Waals surface area contributed by atoms with Crippen molar-refractivity contribution in [3.05, 3.63) is 72.5 Å². The lowest BCUT2D eigenvalue weighted by Gasteiger charge is -2.22. The van der Waals surface area contributed by atoms with E-state index in [1.807, 2.05) is 42.5 Å². The number of likely N-dealkylation sites (N-methyl/N-ethyl adjacent to an activating group) is 2. The van der Waals surface area contributed by atoms with E-state index in [0.29, 0.717) is 5.69 Å². The molecule has 0 aliphatic heterocycles. The van der Waals surface area contributed by atoms with Crippen LogP contribution in [0.2, 0.25) is 0 Å². The van der Waals surface area contributed by atoms with Gasteiger partial charge in [-0.05, 0) is 47.2 Å². The van der Waals surface area contributed by atoms with Gasteiger partial charge in [0, 0.05) is 19.8 Å². The second kappa shape index (κ2) is 7.46. The molecule has 0 heterocycles. The second-order valence-corrected chi connectivity index (χ2v) is 8.24. The molecule has 1 amide bonds. The van der Waals surface area contributed by atoms with E-state index in [0.717, 1.165) is 27.2 Å². The molecule has 0 N–H and O–H groups in total. The van der Waals surface area contributed by atoms with Crippen molar-refractivity contribution in [2.75, 3.05) is 25.5 Å². The standard InChI is InChI=1S/C20H19FN2O3S/c1-22(27(25,26)19-11-8-17(21)9-12-19)14-20(24)23(2)18-10-7-15-5-3-4-6-16(15)13-18/h3-13H,14H2,1-2H3. The summed E-state index contributed by atoms with van der Waals surface area (Å²) in [6, 6.07) is 17.9. The molecule has 0 fully saturated rings. The molecular weight excluding hydrogens is 367 g/mol. The van der Waals surface area contributed by atoms with Crippen LogP contribution in [-0.4, -0.2) is 39.3 Å². The predicted molar refractivity (Wildman–Crippen MR) is 104 cm³/mol. The molecule has 3 aromatic rings. The van der Waals surface area contributed by atoms with Crippen molar-refractivity contribution in [3.63, 3.8) is 0 Å². The number of carbonyl (C=O) groups is 1. The maximum atomic E-state index is 13.0. The van der Waals surface area contributed by atoms with Gasteiger partial charge in [0.15, 0.2) is 0 Å². The monoisotopic (exact) mass is 386 g/mol. The Kier molecular flexibility index (Phi) is 5.25. The number of carbonyl (C=O) groups excluding carboxylic acids is 1. The fourth-order valence-corrected chi connectivity index (χ4v) is 3.82. The summed E-state index contributed by atoms with van der Waals surface area (Å²) in [6.45, 7) is -0.330. The van der Waals surface area contributed by atoms with Crippen LogP contribution in [0.4, 0.5) is 10.1 Å². The number of hydrogen-bond acceptors (Lipinski definition) is 3. The van der Waals surface area contributed by atoms with Gasteiger partial charge in [-0.25, -0.2) is 12.8 Å². The highest BCUT2D eigenvalue weighted by Crippen LogP contribution is 2.22. The number of sulfonamides is 1. The predicted octanol–water partition coefficient (Wildman–Crippen LogP) is 3.26. The van der Waals surface area contributed by atoms with Crippen LogP contribution in [0.3, 0.4) is 0 Å². The van der Waals surface area contributed by atoms with Gasteiger partial charge < -0.3 is 4.90 Å². The van der Waals surface area contributed by atoms with Crippen LogP contribution in [0.15, 0.2) is 71.6 Å². The van der Waals surface area contributed by atoms with E-state index < -0.39 is 15.8 Å².